The highest BCUT2D eigenvalue weighted by molar-refractivity contribution is 5.58. The zero-order valence-corrected chi connectivity index (χ0v) is 12.8. The number of hydrogen-bond acceptors (Lipinski definition) is 5. The van der Waals surface area contributed by atoms with Gasteiger partial charge in [-0.15, -0.1) is 0 Å². The Labute approximate surface area is 135 Å². The summed E-state index contributed by atoms with van der Waals surface area (Å²) in [5, 5.41) is 0. The van der Waals surface area contributed by atoms with Gasteiger partial charge in [0.1, 0.15) is 6.29 Å². The predicted molar refractivity (Wildman–Crippen MR) is 87.4 cm³/mol. The Balaban J connectivity index is 1.42. The molecule has 1 aliphatic heterocycles. The van der Waals surface area contributed by atoms with Crippen LogP contribution in [0.15, 0.2) is 48.5 Å². The lowest BCUT2D eigenvalue weighted by atomic mass is 10.1. The number of fused-ring (bicyclic) bond motifs is 1. The van der Waals surface area contributed by atoms with E-state index in [1.807, 2.05) is 48.5 Å². The van der Waals surface area contributed by atoms with E-state index in [9.17, 15) is 4.79 Å². The van der Waals surface area contributed by atoms with E-state index in [0.717, 1.165) is 41.9 Å². The number of hydrogen-bond donors (Lipinski definition) is 2. The molecule has 0 saturated carbocycles. The molecule has 23 heavy (non-hydrogen) atoms. The van der Waals surface area contributed by atoms with E-state index in [0.29, 0.717) is 13.2 Å². The number of nitrogens with one attached hydrogen (secondary N) is 2. The van der Waals surface area contributed by atoms with Crippen LogP contribution in [0.3, 0.4) is 0 Å². The Morgan fingerprint density at radius 3 is 2.70 bits per heavy atom. The molecule has 0 spiro atoms. The fourth-order valence-electron chi connectivity index (χ4n) is 2.51. The highest BCUT2D eigenvalue weighted by atomic mass is 16.7. The average Bonchev–Trinajstić information content (AvgIpc) is 3.06. The second-order valence-electron chi connectivity index (χ2n) is 5.44. The third-order valence-electron chi connectivity index (χ3n) is 3.73. The van der Waals surface area contributed by atoms with E-state index in [1.54, 1.807) is 0 Å². The van der Waals surface area contributed by atoms with Gasteiger partial charge >= 0.3 is 0 Å². The number of rotatable bonds is 8. The SMILES string of the molecule is O=CC(Cc1ccccc1)NNCCc1ccc2c(c1)OCO2. The maximum Gasteiger partial charge on any atom is 0.231 e. The minimum atomic E-state index is -0.242. The van der Waals surface area contributed by atoms with Crippen molar-refractivity contribution in [1.29, 1.82) is 0 Å². The molecule has 1 unspecified atom stereocenters. The van der Waals surface area contributed by atoms with Gasteiger partial charge in [-0.3, -0.25) is 5.43 Å². The Kier molecular flexibility index (Phi) is 5.24. The number of hydrazine groups is 1. The number of benzene rings is 2. The van der Waals surface area contributed by atoms with E-state index in [-0.39, 0.29) is 6.04 Å². The number of ether oxygens (including phenoxy) is 2. The van der Waals surface area contributed by atoms with E-state index < -0.39 is 0 Å². The van der Waals surface area contributed by atoms with E-state index in [4.69, 9.17) is 9.47 Å². The number of aldehydes is 1. The van der Waals surface area contributed by atoms with Crippen LogP contribution in [0.5, 0.6) is 11.5 Å². The van der Waals surface area contributed by atoms with Gasteiger partial charge in [0.05, 0.1) is 6.04 Å². The minimum Gasteiger partial charge on any atom is -0.454 e. The average molecular weight is 312 g/mol. The molecule has 120 valence electrons. The van der Waals surface area contributed by atoms with Crippen molar-refractivity contribution < 1.29 is 14.3 Å². The Morgan fingerprint density at radius 2 is 1.87 bits per heavy atom. The maximum absolute atomic E-state index is 11.2. The minimum absolute atomic E-state index is 0.242. The van der Waals surface area contributed by atoms with Crippen LogP contribution in [0.1, 0.15) is 11.1 Å². The fourth-order valence-corrected chi connectivity index (χ4v) is 2.51. The van der Waals surface area contributed by atoms with Gasteiger partial charge in [0.15, 0.2) is 11.5 Å². The van der Waals surface area contributed by atoms with Gasteiger partial charge in [0.2, 0.25) is 6.79 Å². The summed E-state index contributed by atoms with van der Waals surface area (Å²) in [7, 11) is 0. The lowest BCUT2D eigenvalue weighted by molar-refractivity contribution is -0.109. The summed E-state index contributed by atoms with van der Waals surface area (Å²) in [4.78, 5) is 11.2. The van der Waals surface area contributed by atoms with Crippen molar-refractivity contribution in [3.05, 3.63) is 59.7 Å². The second-order valence-corrected chi connectivity index (χ2v) is 5.44. The van der Waals surface area contributed by atoms with E-state index in [2.05, 4.69) is 10.9 Å². The first-order chi connectivity index (χ1) is 11.3. The summed E-state index contributed by atoms with van der Waals surface area (Å²) in [6, 6.07) is 15.7. The van der Waals surface area contributed by atoms with Crippen molar-refractivity contribution in [2.75, 3.05) is 13.3 Å². The molecule has 1 heterocycles. The molecule has 0 saturated heterocycles. The molecule has 3 rings (SSSR count). The van der Waals surface area contributed by atoms with Crippen LogP contribution < -0.4 is 20.3 Å². The summed E-state index contributed by atoms with van der Waals surface area (Å²) in [5.74, 6) is 1.59. The number of carbonyl (C=O) groups is 1. The van der Waals surface area contributed by atoms with Crippen molar-refractivity contribution in [3.8, 4) is 11.5 Å². The van der Waals surface area contributed by atoms with Gasteiger partial charge in [-0.05, 0) is 36.1 Å². The van der Waals surface area contributed by atoms with Crippen molar-refractivity contribution in [3.63, 3.8) is 0 Å². The van der Waals surface area contributed by atoms with Crippen LogP contribution in [0.25, 0.3) is 0 Å². The third-order valence-corrected chi connectivity index (χ3v) is 3.73. The number of carbonyl (C=O) groups excluding carboxylic acids is 1. The van der Waals surface area contributed by atoms with Crippen LogP contribution in [-0.4, -0.2) is 25.7 Å². The first-order valence-electron chi connectivity index (χ1n) is 7.71. The second kappa shape index (κ2) is 7.76. The van der Waals surface area contributed by atoms with Crippen LogP contribution in [0.4, 0.5) is 0 Å². The van der Waals surface area contributed by atoms with Gasteiger partial charge in [-0.25, -0.2) is 5.43 Å². The van der Waals surface area contributed by atoms with Crippen LogP contribution in [0.2, 0.25) is 0 Å². The van der Waals surface area contributed by atoms with Gasteiger partial charge in [-0.2, -0.15) is 0 Å². The topological polar surface area (TPSA) is 59.6 Å². The van der Waals surface area contributed by atoms with Crippen LogP contribution >= 0.6 is 0 Å². The Bertz CT molecular complexity index is 646. The molecule has 0 radical (unpaired) electrons. The van der Waals surface area contributed by atoms with Gasteiger partial charge in [-0.1, -0.05) is 36.4 Å². The fraction of sp³-hybridized carbons (Fsp3) is 0.278. The summed E-state index contributed by atoms with van der Waals surface area (Å²) in [6.07, 6.45) is 2.43. The molecule has 5 heteroatoms. The van der Waals surface area contributed by atoms with Crippen molar-refractivity contribution >= 4 is 6.29 Å². The van der Waals surface area contributed by atoms with Gasteiger partial charge < -0.3 is 14.3 Å². The van der Waals surface area contributed by atoms with Crippen molar-refractivity contribution in [2.24, 2.45) is 0 Å². The summed E-state index contributed by atoms with van der Waals surface area (Å²) < 4.78 is 10.7. The summed E-state index contributed by atoms with van der Waals surface area (Å²) in [6.45, 7) is 1.01. The lowest BCUT2D eigenvalue weighted by Crippen LogP contribution is -2.43. The smallest absolute Gasteiger partial charge is 0.231 e. The van der Waals surface area contributed by atoms with E-state index in [1.165, 1.54) is 0 Å². The molecule has 2 N–H and O–H groups in total. The normalized spacial score (nSPS) is 13.7. The quantitative estimate of drug-likeness (QED) is 0.443. The zero-order valence-electron chi connectivity index (χ0n) is 12.8. The molecule has 5 nitrogen and oxygen atoms in total. The standard InChI is InChI=1S/C18H20N2O3/c21-12-16(10-14-4-2-1-3-5-14)20-19-9-8-15-6-7-17-18(11-15)23-13-22-17/h1-7,11-12,16,19-20H,8-10,13H2. The molecule has 1 aliphatic rings. The molecular formula is C18H20N2O3. The van der Waals surface area contributed by atoms with Crippen molar-refractivity contribution in [1.82, 2.24) is 10.9 Å². The molecule has 0 aliphatic carbocycles. The van der Waals surface area contributed by atoms with Gasteiger partial charge in [0, 0.05) is 6.54 Å². The molecule has 0 bridgehead atoms. The molecule has 0 amide bonds. The lowest BCUT2D eigenvalue weighted by Gasteiger charge is -2.14. The van der Waals surface area contributed by atoms with Gasteiger partial charge in [0.25, 0.3) is 0 Å². The third kappa shape index (κ3) is 4.31. The molecular weight excluding hydrogens is 292 g/mol. The van der Waals surface area contributed by atoms with Crippen molar-refractivity contribution in [2.45, 2.75) is 18.9 Å². The maximum atomic E-state index is 11.2. The summed E-state index contributed by atoms with van der Waals surface area (Å²) in [5.41, 5.74) is 8.48. The highest BCUT2D eigenvalue weighted by Gasteiger charge is 2.13. The molecule has 0 fully saturated rings. The first kappa shape index (κ1) is 15.5. The molecule has 2 aromatic carbocycles. The summed E-state index contributed by atoms with van der Waals surface area (Å²) >= 11 is 0. The molecule has 1 atom stereocenters. The monoisotopic (exact) mass is 312 g/mol. The Morgan fingerprint density at radius 1 is 1.04 bits per heavy atom. The zero-order chi connectivity index (χ0) is 15.9. The van der Waals surface area contributed by atoms with E-state index >= 15 is 0 Å². The predicted octanol–water partition coefficient (Wildman–Crippen LogP) is 1.86. The van der Waals surface area contributed by atoms with Crippen LogP contribution in [0, 0.1) is 0 Å². The highest BCUT2D eigenvalue weighted by Crippen LogP contribution is 2.32. The first-order valence-corrected chi connectivity index (χ1v) is 7.71. The largest absolute Gasteiger partial charge is 0.454 e. The van der Waals surface area contributed by atoms with Crippen LogP contribution in [-0.2, 0) is 17.6 Å². The molecule has 0 aromatic heterocycles. The Hall–Kier alpha value is -2.37. The molecule has 2 aromatic rings.